The van der Waals surface area contributed by atoms with Gasteiger partial charge in [0.15, 0.2) is 9.84 Å². The highest BCUT2D eigenvalue weighted by atomic mass is 32.2. The quantitative estimate of drug-likeness (QED) is 0.826. The van der Waals surface area contributed by atoms with Crippen molar-refractivity contribution in [1.82, 2.24) is 9.80 Å². The summed E-state index contributed by atoms with van der Waals surface area (Å²) in [6.45, 7) is 5.09. The van der Waals surface area contributed by atoms with Crippen molar-refractivity contribution >= 4 is 21.7 Å². The van der Waals surface area contributed by atoms with Gasteiger partial charge >= 0.3 is 0 Å². The molecule has 0 bridgehead atoms. The molecule has 0 unspecified atom stereocenters. The van der Waals surface area contributed by atoms with Gasteiger partial charge in [-0.3, -0.25) is 9.59 Å². The summed E-state index contributed by atoms with van der Waals surface area (Å²) in [7, 11) is -3.46. The molecule has 23 heavy (non-hydrogen) atoms. The van der Waals surface area contributed by atoms with Gasteiger partial charge in [-0.05, 0) is 18.6 Å². The molecule has 0 radical (unpaired) electrons. The molecule has 1 aromatic carbocycles. The monoisotopic (exact) mass is 338 g/mol. The average molecular weight is 338 g/mol. The smallest absolute Gasteiger partial charge is 0.255 e. The largest absolute Gasteiger partial charge is 0.339 e. The molecule has 1 fully saturated rings. The lowest BCUT2D eigenvalue weighted by molar-refractivity contribution is -0.130. The third-order valence-electron chi connectivity index (χ3n) is 3.94. The number of amides is 2. The van der Waals surface area contributed by atoms with Gasteiger partial charge in [-0.25, -0.2) is 8.42 Å². The highest BCUT2D eigenvalue weighted by molar-refractivity contribution is 7.91. The van der Waals surface area contributed by atoms with Crippen molar-refractivity contribution in [3.8, 4) is 0 Å². The molecule has 0 aliphatic carbocycles. The van der Waals surface area contributed by atoms with Crippen LogP contribution in [-0.4, -0.2) is 62.0 Å². The molecule has 2 rings (SSSR count). The molecule has 0 spiro atoms. The van der Waals surface area contributed by atoms with E-state index < -0.39 is 9.84 Å². The van der Waals surface area contributed by atoms with E-state index in [1.54, 1.807) is 34.9 Å². The van der Waals surface area contributed by atoms with Gasteiger partial charge in [0.05, 0.1) is 16.2 Å². The predicted molar refractivity (Wildman–Crippen MR) is 86.9 cm³/mol. The number of carbonyl (C=O) groups is 2. The van der Waals surface area contributed by atoms with Crippen LogP contribution in [0, 0.1) is 0 Å². The molecule has 1 aromatic rings. The lowest BCUT2D eigenvalue weighted by atomic mass is 10.2. The number of benzene rings is 1. The van der Waals surface area contributed by atoms with E-state index >= 15 is 0 Å². The Morgan fingerprint density at radius 3 is 2.17 bits per heavy atom. The van der Waals surface area contributed by atoms with Crippen LogP contribution in [0.4, 0.5) is 0 Å². The van der Waals surface area contributed by atoms with Crippen LogP contribution in [0.5, 0.6) is 0 Å². The van der Waals surface area contributed by atoms with E-state index in [9.17, 15) is 18.0 Å². The maximum Gasteiger partial charge on any atom is 0.255 e. The van der Waals surface area contributed by atoms with Gasteiger partial charge in [-0.2, -0.15) is 0 Å². The average Bonchev–Trinajstić information content (AvgIpc) is 2.54. The number of nitrogens with zero attached hydrogens (tertiary/aromatic N) is 2. The lowest BCUT2D eigenvalue weighted by Gasteiger charge is -2.34. The summed E-state index contributed by atoms with van der Waals surface area (Å²) >= 11 is 0. The van der Waals surface area contributed by atoms with E-state index in [0.29, 0.717) is 32.6 Å². The fraction of sp³-hybridized carbons (Fsp3) is 0.500. The van der Waals surface area contributed by atoms with E-state index in [1.807, 2.05) is 0 Å². The second-order valence-corrected chi connectivity index (χ2v) is 7.69. The van der Waals surface area contributed by atoms with Crippen LogP contribution in [0.3, 0.4) is 0 Å². The van der Waals surface area contributed by atoms with E-state index in [1.165, 1.54) is 13.0 Å². The molecule has 1 saturated heterocycles. The van der Waals surface area contributed by atoms with Crippen LogP contribution in [0.25, 0.3) is 0 Å². The highest BCUT2D eigenvalue weighted by Gasteiger charge is 2.27. The standard InChI is InChI=1S/C16H22N2O4S/c1-3-12-23(21,22)15-7-5-4-6-14(15)16(20)18-10-8-17(9-11-18)13(2)19/h4-7H,3,8-12H2,1-2H3. The van der Waals surface area contributed by atoms with Gasteiger partial charge in [-0.15, -0.1) is 0 Å². The van der Waals surface area contributed by atoms with Crippen molar-refractivity contribution in [3.63, 3.8) is 0 Å². The zero-order valence-corrected chi connectivity index (χ0v) is 14.3. The molecule has 1 heterocycles. The molecule has 6 nitrogen and oxygen atoms in total. The van der Waals surface area contributed by atoms with Crippen LogP contribution >= 0.6 is 0 Å². The van der Waals surface area contributed by atoms with E-state index in [4.69, 9.17) is 0 Å². The van der Waals surface area contributed by atoms with Crippen LogP contribution in [0.2, 0.25) is 0 Å². The van der Waals surface area contributed by atoms with Crippen molar-refractivity contribution in [2.24, 2.45) is 0 Å². The Morgan fingerprint density at radius 2 is 1.61 bits per heavy atom. The van der Waals surface area contributed by atoms with Crippen LogP contribution < -0.4 is 0 Å². The zero-order valence-electron chi connectivity index (χ0n) is 13.5. The van der Waals surface area contributed by atoms with Crippen LogP contribution in [-0.2, 0) is 14.6 Å². The summed E-state index contributed by atoms with van der Waals surface area (Å²) in [5.74, 6) is -0.276. The zero-order chi connectivity index (χ0) is 17.0. The highest BCUT2D eigenvalue weighted by Crippen LogP contribution is 2.20. The first-order chi connectivity index (χ1) is 10.9. The van der Waals surface area contributed by atoms with Gasteiger partial charge < -0.3 is 9.80 Å². The molecule has 2 amide bonds. The third-order valence-corrected chi connectivity index (χ3v) is 5.91. The Kier molecular flexibility index (Phi) is 5.41. The van der Waals surface area contributed by atoms with Gasteiger partial charge in [0, 0.05) is 33.1 Å². The second-order valence-electron chi connectivity index (χ2n) is 5.61. The lowest BCUT2D eigenvalue weighted by Crippen LogP contribution is -2.50. The number of sulfone groups is 1. The Morgan fingerprint density at radius 1 is 1.04 bits per heavy atom. The Hall–Kier alpha value is -1.89. The van der Waals surface area contributed by atoms with Crippen LogP contribution in [0.1, 0.15) is 30.6 Å². The van der Waals surface area contributed by atoms with Gasteiger partial charge in [0.2, 0.25) is 5.91 Å². The van der Waals surface area contributed by atoms with Crippen LogP contribution in [0.15, 0.2) is 29.2 Å². The fourth-order valence-corrected chi connectivity index (χ4v) is 4.22. The SMILES string of the molecule is CCCS(=O)(=O)c1ccccc1C(=O)N1CCN(C(C)=O)CC1. The van der Waals surface area contributed by atoms with Gasteiger partial charge in [0.25, 0.3) is 5.91 Å². The van der Waals surface area contributed by atoms with Gasteiger partial charge in [0.1, 0.15) is 0 Å². The van der Waals surface area contributed by atoms with Gasteiger partial charge in [-0.1, -0.05) is 19.1 Å². The molecule has 1 aliphatic rings. The van der Waals surface area contributed by atoms with E-state index in [2.05, 4.69) is 0 Å². The first kappa shape index (κ1) is 17.5. The number of rotatable bonds is 4. The molecule has 0 atom stereocenters. The first-order valence-electron chi connectivity index (χ1n) is 7.73. The Labute approximate surface area is 137 Å². The number of piperazine rings is 1. The summed E-state index contributed by atoms with van der Waals surface area (Å²) in [5.41, 5.74) is 0.220. The number of hydrogen-bond donors (Lipinski definition) is 0. The first-order valence-corrected chi connectivity index (χ1v) is 9.38. The fourth-order valence-electron chi connectivity index (χ4n) is 2.69. The maximum atomic E-state index is 12.7. The van der Waals surface area contributed by atoms with E-state index in [-0.39, 0.29) is 28.0 Å². The molecule has 126 valence electrons. The minimum absolute atomic E-state index is 0.0111. The van der Waals surface area contributed by atoms with Crippen molar-refractivity contribution < 1.29 is 18.0 Å². The molecule has 0 N–H and O–H groups in total. The third kappa shape index (κ3) is 3.90. The minimum Gasteiger partial charge on any atom is -0.339 e. The normalized spacial score (nSPS) is 15.6. The molecule has 1 aliphatic heterocycles. The molecule has 0 saturated carbocycles. The molecular formula is C16H22N2O4S. The molecule has 7 heteroatoms. The summed E-state index contributed by atoms with van der Waals surface area (Å²) in [5, 5.41) is 0. The van der Waals surface area contributed by atoms with Crippen molar-refractivity contribution in [2.75, 3.05) is 31.9 Å². The molecular weight excluding hydrogens is 316 g/mol. The summed E-state index contributed by atoms with van der Waals surface area (Å²) < 4.78 is 24.7. The Balaban J connectivity index is 2.23. The molecule has 0 aromatic heterocycles. The predicted octanol–water partition coefficient (Wildman–Crippen LogP) is 1.17. The van der Waals surface area contributed by atoms with Crippen molar-refractivity contribution in [1.29, 1.82) is 0 Å². The van der Waals surface area contributed by atoms with Crippen molar-refractivity contribution in [3.05, 3.63) is 29.8 Å². The summed E-state index contributed by atoms with van der Waals surface area (Å²) in [6, 6.07) is 6.35. The number of carbonyl (C=O) groups excluding carboxylic acids is 2. The Bertz CT molecular complexity index is 692. The van der Waals surface area contributed by atoms with E-state index in [0.717, 1.165) is 0 Å². The maximum absolute atomic E-state index is 12.7. The van der Waals surface area contributed by atoms with Crippen molar-refractivity contribution in [2.45, 2.75) is 25.2 Å². The summed E-state index contributed by atoms with van der Waals surface area (Å²) in [6.07, 6.45) is 0.502. The number of hydrogen-bond acceptors (Lipinski definition) is 4. The minimum atomic E-state index is -3.46. The summed E-state index contributed by atoms with van der Waals surface area (Å²) in [4.78, 5) is 27.4. The topological polar surface area (TPSA) is 74.8 Å². The second kappa shape index (κ2) is 7.12.